The van der Waals surface area contributed by atoms with Gasteiger partial charge in [-0.2, -0.15) is 0 Å². The summed E-state index contributed by atoms with van der Waals surface area (Å²) in [5, 5.41) is 3.07. The summed E-state index contributed by atoms with van der Waals surface area (Å²) in [7, 11) is -0.589. The summed E-state index contributed by atoms with van der Waals surface area (Å²) in [6, 6.07) is 0. The molecular weight excluding hydrogens is 184 g/mol. The molecule has 0 fully saturated rings. The van der Waals surface area contributed by atoms with Crippen LogP contribution >= 0.6 is 0 Å². The number of nitrogens with one attached hydrogen (secondary N) is 1. The zero-order valence-corrected chi connectivity index (χ0v) is 10.6. The highest BCUT2D eigenvalue weighted by Crippen LogP contribution is 1.70. The molecule has 3 N–H and O–H groups in total. The summed E-state index contributed by atoms with van der Waals surface area (Å²) in [6.07, 6.45) is 0. The first-order chi connectivity index (χ1) is 6.33. The van der Waals surface area contributed by atoms with Crippen LogP contribution in [0.5, 0.6) is 0 Å². The van der Waals surface area contributed by atoms with Crippen LogP contribution in [0, 0.1) is 0 Å². The van der Waals surface area contributed by atoms with Crippen LogP contribution in [-0.2, 0) is 8.85 Å². The van der Waals surface area contributed by atoms with Gasteiger partial charge in [0.05, 0.1) is 0 Å². The first-order valence-electron chi connectivity index (χ1n) is 4.89. The second-order valence-electron chi connectivity index (χ2n) is 2.25. The molecule has 0 radical (unpaired) electrons. The van der Waals surface area contributed by atoms with Crippen LogP contribution in [0.25, 0.3) is 0 Å². The number of likely N-dealkylation sites (N-methyl/N-ethyl adjacent to an activating group) is 1. The van der Waals surface area contributed by atoms with Crippen molar-refractivity contribution in [1.29, 1.82) is 0 Å². The zero-order valence-electron chi connectivity index (χ0n) is 9.14. The predicted molar refractivity (Wildman–Crippen MR) is 59.4 cm³/mol. The van der Waals surface area contributed by atoms with Gasteiger partial charge in [0, 0.05) is 26.3 Å². The lowest BCUT2D eigenvalue weighted by Crippen LogP contribution is -2.21. The van der Waals surface area contributed by atoms with E-state index in [0.29, 0.717) is 0 Å². The minimum absolute atomic E-state index is 0.589. The Morgan fingerprint density at radius 2 is 1.69 bits per heavy atom. The molecule has 0 aromatic heterocycles. The van der Waals surface area contributed by atoms with Gasteiger partial charge in [-0.1, -0.05) is 6.92 Å². The fourth-order valence-corrected chi connectivity index (χ4v) is 0.956. The molecule has 0 atom stereocenters. The van der Waals surface area contributed by atoms with Crippen molar-refractivity contribution >= 4 is 10.0 Å². The molecule has 0 saturated carbocycles. The number of hydrogen-bond donors (Lipinski definition) is 2. The molecule has 5 heteroatoms. The Labute approximate surface area is 84.2 Å². The second-order valence-corrected chi connectivity index (χ2v) is 3.30. The van der Waals surface area contributed by atoms with Gasteiger partial charge in [-0.3, -0.25) is 0 Å². The van der Waals surface area contributed by atoms with Crippen molar-refractivity contribution in [3.8, 4) is 0 Å². The normalized spacial score (nSPS) is 9.23. The van der Waals surface area contributed by atoms with E-state index in [4.69, 9.17) is 14.6 Å². The van der Waals surface area contributed by atoms with Gasteiger partial charge in [-0.25, -0.2) is 0 Å². The van der Waals surface area contributed by atoms with E-state index in [2.05, 4.69) is 12.2 Å². The van der Waals surface area contributed by atoms with Crippen molar-refractivity contribution in [2.24, 2.45) is 5.73 Å². The highest BCUT2D eigenvalue weighted by Gasteiger charge is 1.79. The SMILES string of the molecule is CCNCCN.CCO[SiH2]OCC. The van der Waals surface area contributed by atoms with Crippen LogP contribution in [0.1, 0.15) is 20.8 Å². The maximum Gasteiger partial charge on any atom is 0.304 e. The van der Waals surface area contributed by atoms with Crippen molar-refractivity contribution in [1.82, 2.24) is 5.32 Å². The molecule has 0 rings (SSSR count). The van der Waals surface area contributed by atoms with Crippen molar-refractivity contribution in [3.63, 3.8) is 0 Å². The predicted octanol–water partition coefficient (Wildman–Crippen LogP) is -0.387. The van der Waals surface area contributed by atoms with Gasteiger partial charge < -0.3 is 19.9 Å². The molecule has 0 unspecified atom stereocenters. The minimum atomic E-state index is -0.589. The van der Waals surface area contributed by atoms with Crippen molar-refractivity contribution in [2.45, 2.75) is 20.8 Å². The Kier molecular flexibility index (Phi) is 21.5. The van der Waals surface area contributed by atoms with E-state index in [0.717, 1.165) is 32.8 Å². The summed E-state index contributed by atoms with van der Waals surface area (Å²) in [5.41, 5.74) is 5.15. The van der Waals surface area contributed by atoms with Crippen molar-refractivity contribution < 1.29 is 8.85 Å². The van der Waals surface area contributed by atoms with Crippen LogP contribution in [0.3, 0.4) is 0 Å². The summed E-state index contributed by atoms with van der Waals surface area (Å²) >= 11 is 0. The van der Waals surface area contributed by atoms with Crippen LogP contribution in [0.2, 0.25) is 0 Å². The molecule has 0 aliphatic heterocycles. The summed E-state index contributed by atoms with van der Waals surface area (Å²) in [5.74, 6) is 0. The van der Waals surface area contributed by atoms with E-state index in [-0.39, 0.29) is 0 Å². The van der Waals surface area contributed by atoms with Crippen LogP contribution in [0.4, 0.5) is 0 Å². The summed E-state index contributed by atoms with van der Waals surface area (Å²) in [6.45, 7) is 10.3. The Morgan fingerprint density at radius 3 is 1.92 bits per heavy atom. The summed E-state index contributed by atoms with van der Waals surface area (Å²) in [4.78, 5) is 0. The van der Waals surface area contributed by atoms with E-state index in [1.165, 1.54) is 0 Å². The maximum atomic E-state index is 5.15. The van der Waals surface area contributed by atoms with E-state index in [1.54, 1.807) is 0 Å². The van der Waals surface area contributed by atoms with Crippen molar-refractivity contribution in [2.75, 3.05) is 32.8 Å². The van der Waals surface area contributed by atoms with Gasteiger partial charge in [0.25, 0.3) is 0 Å². The number of nitrogens with two attached hydrogens (primary N) is 1. The topological polar surface area (TPSA) is 56.5 Å². The van der Waals surface area contributed by atoms with E-state index < -0.39 is 10.0 Å². The second kappa shape index (κ2) is 18.0. The van der Waals surface area contributed by atoms with Gasteiger partial charge in [0.15, 0.2) is 0 Å². The highest BCUT2D eigenvalue weighted by molar-refractivity contribution is 6.17. The molecule has 0 heterocycles. The molecule has 0 bridgehead atoms. The molecule has 0 aliphatic rings. The molecule has 82 valence electrons. The molecule has 0 amide bonds. The van der Waals surface area contributed by atoms with Gasteiger partial charge in [-0.15, -0.1) is 0 Å². The zero-order chi connectivity index (χ0) is 10.4. The standard InChI is InChI=1S/C4H12N2.C4H12O2Si/c1-2-6-4-3-5;1-3-5-7-6-4-2/h6H,2-5H2,1H3;3-4,7H2,1-2H3. The van der Waals surface area contributed by atoms with Gasteiger partial charge in [0.1, 0.15) is 0 Å². The third kappa shape index (κ3) is 24.5. The lowest BCUT2D eigenvalue weighted by molar-refractivity contribution is 0.240. The fourth-order valence-electron chi connectivity index (χ4n) is 0.504. The van der Waals surface area contributed by atoms with Gasteiger partial charge in [0.2, 0.25) is 0 Å². The molecule has 4 nitrogen and oxygen atoms in total. The number of rotatable bonds is 7. The van der Waals surface area contributed by atoms with Crippen LogP contribution in [-0.4, -0.2) is 42.9 Å². The van der Waals surface area contributed by atoms with E-state index in [9.17, 15) is 0 Å². The highest BCUT2D eigenvalue weighted by atomic mass is 28.3. The van der Waals surface area contributed by atoms with Crippen LogP contribution < -0.4 is 11.1 Å². The largest absolute Gasteiger partial charge is 0.399 e. The third-order valence-electron chi connectivity index (χ3n) is 1.15. The Bertz CT molecular complexity index is 69.2. The average Bonchev–Trinajstić information content (AvgIpc) is 2.17. The molecule has 0 spiro atoms. The molecular formula is C8H24N2O2Si. The lowest BCUT2D eigenvalue weighted by Gasteiger charge is -1.96. The molecule has 13 heavy (non-hydrogen) atoms. The molecule has 0 aromatic rings. The first kappa shape index (κ1) is 15.5. The number of hydrogen-bond acceptors (Lipinski definition) is 4. The Morgan fingerprint density at radius 1 is 1.15 bits per heavy atom. The lowest BCUT2D eigenvalue weighted by atomic mass is 10.6. The Balaban J connectivity index is 0. The third-order valence-corrected chi connectivity index (χ3v) is 2.30. The quantitative estimate of drug-likeness (QED) is 0.442. The van der Waals surface area contributed by atoms with Crippen LogP contribution in [0.15, 0.2) is 0 Å². The van der Waals surface area contributed by atoms with E-state index >= 15 is 0 Å². The fraction of sp³-hybridized carbons (Fsp3) is 1.00. The van der Waals surface area contributed by atoms with Gasteiger partial charge in [-0.05, 0) is 20.4 Å². The summed E-state index contributed by atoms with van der Waals surface area (Å²) < 4.78 is 9.98. The molecule has 0 aliphatic carbocycles. The van der Waals surface area contributed by atoms with E-state index in [1.807, 2.05) is 13.8 Å². The van der Waals surface area contributed by atoms with Gasteiger partial charge >= 0.3 is 10.0 Å². The minimum Gasteiger partial charge on any atom is -0.399 e. The average molecular weight is 208 g/mol. The first-order valence-corrected chi connectivity index (χ1v) is 6.05. The smallest absolute Gasteiger partial charge is 0.304 e. The maximum absolute atomic E-state index is 5.15. The Hall–Kier alpha value is 0.0569. The van der Waals surface area contributed by atoms with Crippen molar-refractivity contribution in [3.05, 3.63) is 0 Å². The monoisotopic (exact) mass is 208 g/mol. The molecule has 0 saturated heterocycles. The molecule has 0 aromatic carbocycles.